The molecule has 0 unspecified atom stereocenters. The Morgan fingerprint density at radius 2 is 2.16 bits per heavy atom. The number of pyridine rings is 1. The number of hydrogen-bond donors (Lipinski definition) is 1. The number of methoxy groups -OCH3 is 1. The van der Waals surface area contributed by atoms with Gasteiger partial charge in [-0.25, -0.2) is 4.98 Å². The zero-order valence-corrected chi connectivity index (χ0v) is 10.3. The number of carbonyl (C=O) groups is 1. The van der Waals surface area contributed by atoms with Gasteiger partial charge in [0.15, 0.2) is 0 Å². The third-order valence-corrected chi connectivity index (χ3v) is 2.48. The van der Waals surface area contributed by atoms with E-state index in [1.54, 1.807) is 30.3 Å². The van der Waals surface area contributed by atoms with E-state index in [1.807, 2.05) is 6.07 Å². The van der Waals surface area contributed by atoms with Crippen LogP contribution in [-0.4, -0.2) is 18.0 Å². The van der Waals surface area contributed by atoms with Crippen LogP contribution in [-0.2, 0) is 0 Å². The molecule has 0 aliphatic carbocycles. The van der Waals surface area contributed by atoms with Gasteiger partial charge in [-0.2, -0.15) is 5.26 Å². The Balaban J connectivity index is 2.23. The van der Waals surface area contributed by atoms with E-state index in [0.717, 1.165) is 0 Å². The van der Waals surface area contributed by atoms with Gasteiger partial charge >= 0.3 is 0 Å². The third-order valence-electron chi connectivity index (χ3n) is 2.48. The van der Waals surface area contributed by atoms with E-state index in [1.165, 1.54) is 19.4 Å². The maximum absolute atomic E-state index is 12.1. The van der Waals surface area contributed by atoms with Crippen molar-refractivity contribution in [3.05, 3.63) is 53.7 Å². The van der Waals surface area contributed by atoms with Crippen molar-refractivity contribution in [3.63, 3.8) is 0 Å². The number of para-hydroxylation sites is 1. The van der Waals surface area contributed by atoms with Crippen LogP contribution in [0.2, 0.25) is 0 Å². The second-order valence-electron chi connectivity index (χ2n) is 3.70. The van der Waals surface area contributed by atoms with Crippen molar-refractivity contribution in [2.45, 2.75) is 0 Å². The summed E-state index contributed by atoms with van der Waals surface area (Å²) in [5, 5.41) is 11.4. The van der Waals surface area contributed by atoms with Crippen molar-refractivity contribution >= 4 is 11.7 Å². The number of anilines is 1. The van der Waals surface area contributed by atoms with E-state index in [0.29, 0.717) is 22.7 Å². The Labute approximate surface area is 110 Å². The first-order valence-electron chi connectivity index (χ1n) is 5.55. The molecule has 1 heterocycles. The topological polar surface area (TPSA) is 75.0 Å². The summed E-state index contributed by atoms with van der Waals surface area (Å²) in [6.07, 6.45) is 1.47. The molecule has 5 nitrogen and oxygen atoms in total. The molecule has 5 heteroatoms. The zero-order valence-electron chi connectivity index (χ0n) is 10.3. The molecule has 0 aliphatic rings. The van der Waals surface area contributed by atoms with E-state index >= 15 is 0 Å². The lowest BCUT2D eigenvalue weighted by molar-refractivity contribution is 0.102. The van der Waals surface area contributed by atoms with Gasteiger partial charge in [-0.1, -0.05) is 12.1 Å². The minimum absolute atomic E-state index is 0.329. The average Bonchev–Trinajstić information content (AvgIpc) is 2.47. The molecule has 0 atom stereocenters. The van der Waals surface area contributed by atoms with E-state index in [4.69, 9.17) is 10.00 Å². The SMILES string of the molecule is COc1ccccc1C(=O)Nc1cc(C#N)ccn1. The number of nitrogens with zero attached hydrogens (tertiary/aromatic N) is 2. The first kappa shape index (κ1) is 12.6. The Bertz CT molecular complexity index is 647. The molecule has 1 amide bonds. The highest BCUT2D eigenvalue weighted by Gasteiger charge is 2.12. The highest BCUT2D eigenvalue weighted by Crippen LogP contribution is 2.18. The highest BCUT2D eigenvalue weighted by atomic mass is 16.5. The summed E-state index contributed by atoms with van der Waals surface area (Å²) in [7, 11) is 1.50. The maximum atomic E-state index is 12.1. The summed E-state index contributed by atoms with van der Waals surface area (Å²) in [6.45, 7) is 0. The highest BCUT2D eigenvalue weighted by molar-refractivity contribution is 6.05. The first-order chi connectivity index (χ1) is 9.24. The van der Waals surface area contributed by atoms with Gasteiger partial charge in [-0.05, 0) is 24.3 Å². The van der Waals surface area contributed by atoms with Gasteiger partial charge in [0, 0.05) is 6.20 Å². The van der Waals surface area contributed by atoms with E-state index < -0.39 is 0 Å². The Morgan fingerprint density at radius 1 is 1.37 bits per heavy atom. The lowest BCUT2D eigenvalue weighted by Crippen LogP contribution is -2.14. The number of carbonyl (C=O) groups excluding carboxylic acids is 1. The number of nitriles is 1. The monoisotopic (exact) mass is 253 g/mol. The number of benzene rings is 1. The van der Waals surface area contributed by atoms with Crippen molar-refractivity contribution in [1.82, 2.24) is 4.98 Å². The average molecular weight is 253 g/mol. The molecular weight excluding hydrogens is 242 g/mol. The predicted octanol–water partition coefficient (Wildman–Crippen LogP) is 2.21. The lowest BCUT2D eigenvalue weighted by atomic mass is 10.2. The predicted molar refractivity (Wildman–Crippen MR) is 69.9 cm³/mol. The minimum atomic E-state index is -0.333. The molecule has 2 rings (SSSR count). The normalized spacial score (nSPS) is 9.47. The second-order valence-corrected chi connectivity index (χ2v) is 3.70. The van der Waals surface area contributed by atoms with Crippen LogP contribution in [0.1, 0.15) is 15.9 Å². The van der Waals surface area contributed by atoms with Crippen LogP contribution >= 0.6 is 0 Å². The maximum Gasteiger partial charge on any atom is 0.260 e. The molecule has 0 aliphatic heterocycles. The van der Waals surface area contributed by atoms with Crippen LogP contribution in [0, 0.1) is 11.3 Å². The zero-order chi connectivity index (χ0) is 13.7. The molecule has 1 N–H and O–H groups in total. The quantitative estimate of drug-likeness (QED) is 0.910. The van der Waals surface area contributed by atoms with E-state index in [2.05, 4.69) is 10.3 Å². The van der Waals surface area contributed by atoms with Crippen molar-refractivity contribution in [2.24, 2.45) is 0 Å². The molecule has 0 fully saturated rings. The number of rotatable bonds is 3. The fourth-order valence-electron chi connectivity index (χ4n) is 1.58. The fourth-order valence-corrected chi connectivity index (χ4v) is 1.58. The number of ether oxygens (including phenoxy) is 1. The summed E-state index contributed by atoms with van der Waals surface area (Å²) in [4.78, 5) is 16.1. The number of hydrogen-bond acceptors (Lipinski definition) is 4. The van der Waals surface area contributed by atoms with Crippen LogP contribution in [0.15, 0.2) is 42.6 Å². The molecule has 1 aromatic heterocycles. The second kappa shape index (κ2) is 5.65. The first-order valence-corrected chi connectivity index (χ1v) is 5.55. The van der Waals surface area contributed by atoms with Crippen molar-refractivity contribution in [1.29, 1.82) is 5.26 Å². The van der Waals surface area contributed by atoms with E-state index in [9.17, 15) is 4.79 Å². The van der Waals surface area contributed by atoms with Crippen LogP contribution in [0.5, 0.6) is 5.75 Å². The van der Waals surface area contributed by atoms with Crippen LogP contribution in [0.3, 0.4) is 0 Å². The van der Waals surface area contributed by atoms with Crippen LogP contribution in [0.4, 0.5) is 5.82 Å². The Morgan fingerprint density at radius 3 is 2.89 bits per heavy atom. The van der Waals surface area contributed by atoms with Gasteiger partial charge in [0.1, 0.15) is 11.6 Å². The molecule has 0 saturated heterocycles. The smallest absolute Gasteiger partial charge is 0.260 e. The summed E-state index contributed by atoms with van der Waals surface area (Å²) in [5.41, 5.74) is 0.847. The largest absolute Gasteiger partial charge is 0.496 e. The van der Waals surface area contributed by atoms with Crippen molar-refractivity contribution in [3.8, 4) is 11.8 Å². The minimum Gasteiger partial charge on any atom is -0.496 e. The molecule has 0 bridgehead atoms. The van der Waals surface area contributed by atoms with Crippen LogP contribution in [0.25, 0.3) is 0 Å². The number of amides is 1. The van der Waals surface area contributed by atoms with Gasteiger partial charge < -0.3 is 10.1 Å². The van der Waals surface area contributed by atoms with Crippen LogP contribution < -0.4 is 10.1 Å². The van der Waals surface area contributed by atoms with Gasteiger partial charge in [-0.15, -0.1) is 0 Å². The third kappa shape index (κ3) is 2.87. The summed E-state index contributed by atoms with van der Waals surface area (Å²) in [6, 6.07) is 11.9. The molecule has 0 saturated carbocycles. The van der Waals surface area contributed by atoms with Gasteiger partial charge in [0.2, 0.25) is 0 Å². The lowest BCUT2D eigenvalue weighted by Gasteiger charge is -2.08. The van der Waals surface area contributed by atoms with Gasteiger partial charge in [0.05, 0.1) is 24.3 Å². The molecule has 19 heavy (non-hydrogen) atoms. The Kier molecular flexibility index (Phi) is 3.74. The van der Waals surface area contributed by atoms with Gasteiger partial charge in [0.25, 0.3) is 5.91 Å². The molecule has 1 aromatic carbocycles. The molecule has 2 aromatic rings. The summed E-state index contributed by atoms with van der Waals surface area (Å²) < 4.78 is 5.12. The molecular formula is C14H11N3O2. The molecule has 0 spiro atoms. The summed E-state index contributed by atoms with van der Waals surface area (Å²) >= 11 is 0. The molecule has 0 radical (unpaired) electrons. The standard InChI is InChI=1S/C14H11N3O2/c1-19-12-5-3-2-4-11(12)14(18)17-13-8-10(9-15)6-7-16-13/h2-8H,1H3,(H,16,17,18). The number of aromatic nitrogens is 1. The number of nitrogens with one attached hydrogen (secondary N) is 1. The van der Waals surface area contributed by atoms with Gasteiger partial charge in [-0.3, -0.25) is 4.79 Å². The molecule has 94 valence electrons. The fraction of sp³-hybridized carbons (Fsp3) is 0.0714. The van der Waals surface area contributed by atoms with E-state index in [-0.39, 0.29) is 5.91 Å². The Hall–Kier alpha value is -2.87. The summed E-state index contributed by atoms with van der Waals surface area (Å²) in [5.74, 6) is 0.478. The van der Waals surface area contributed by atoms with Crippen molar-refractivity contribution in [2.75, 3.05) is 12.4 Å². The van der Waals surface area contributed by atoms with Crippen molar-refractivity contribution < 1.29 is 9.53 Å².